The van der Waals surface area contributed by atoms with Gasteiger partial charge in [0, 0.05) is 24.3 Å². The number of nitrogens with zero attached hydrogens (tertiary/aromatic N) is 2. The molecule has 1 aromatic heterocycles. The van der Waals surface area contributed by atoms with Crippen molar-refractivity contribution in [3.05, 3.63) is 57.9 Å². The number of non-ortho nitro benzene ring substituents is 1. The van der Waals surface area contributed by atoms with Gasteiger partial charge in [-0.1, -0.05) is 0 Å². The molecule has 0 aliphatic carbocycles. The highest BCUT2D eigenvalue weighted by atomic mass is 32.2. The van der Waals surface area contributed by atoms with E-state index in [9.17, 15) is 20.1 Å². The van der Waals surface area contributed by atoms with Gasteiger partial charge in [-0.25, -0.2) is 0 Å². The van der Waals surface area contributed by atoms with Crippen molar-refractivity contribution in [2.45, 2.75) is 17.2 Å². The minimum absolute atomic E-state index is 0.160. The number of anilines is 1. The number of benzene rings is 1. The third-order valence-corrected chi connectivity index (χ3v) is 4.23. The Hall–Kier alpha value is -2.81. The van der Waals surface area contributed by atoms with Gasteiger partial charge < -0.3 is 15.3 Å². The molecule has 1 N–H and O–H groups in total. The van der Waals surface area contributed by atoms with Crippen LogP contribution in [0.1, 0.15) is 6.92 Å². The van der Waals surface area contributed by atoms with Crippen LogP contribution in [0.4, 0.5) is 11.4 Å². The fraction of sp³-hybridized carbons (Fsp3) is 0.200. The summed E-state index contributed by atoms with van der Waals surface area (Å²) in [6, 6.07) is 8.83. The Morgan fingerprint density at radius 1 is 1.38 bits per heavy atom. The van der Waals surface area contributed by atoms with Crippen molar-refractivity contribution in [1.82, 2.24) is 0 Å². The number of methoxy groups -OCH3 is 1. The normalized spacial score (nSPS) is 11.6. The molecule has 0 fully saturated rings. The number of nitrogens with one attached hydrogen (secondary N) is 1. The molecule has 2 aromatic rings. The first-order valence-electron chi connectivity index (χ1n) is 6.90. The van der Waals surface area contributed by atoms with E-state index >= 15 is 0 Å². The van der Waals surface area contributed by atoms with Crippen LogP contribution in [0.5, 0.6) is 5.75 Å². The number of pyridine rings is 1. The predicted octanol–water partition coefficient (Wildman–Crippen LogP) is 2.36. The van der Waals surface area contributed by atoms with E-state index in [-0.39, 0.29) is 11.4 Å². The van der Waals surface area contributed by atoms with Gasteiger partial charge >= 0.3 is 0 Å². The van der Waals surface area contributed by atoms with Crippen molar-refractivity contribution in [2.75, 3.05) is 12.4 Å². The molecule has 0 aliphatic rings. The number of hydrogen-bond acceptors (Lipinski definition) is 6. The van der Waals surface area contributed by atoms with Crippen molar-refractivity contribution in [2.24, 2.45) is 0 Å². The van der Waals surface area contributed by atoms with E-state index in [4.69, 9.17) is 4.74 Å². The summed E-state index contributed by atoms with van der Waals surface area (Å²) in [4.78, 5) is 22.6. The summed E-state index contributed by atoms with van der Waals surface area (Å²) in [5.74, 6) is -0.0904. The zero-order chi connectivity index (χ0) is 17.7. The molecule has 0 radical (unpaired) electrons. The number of ether oxygens (including phenoxy) is 1. The minimum atomic E-state index is -0.587. The maximum atomic E-state index is 12.3. The molecule has 2 rings (SSSR count). The molecule has 0 bridgehead atoms. The Morgan fingerprint density at radius 2 is 2.12 bits per heavy atom. The van der Waals surface area contributed by atoms with Gasteiger partial charge in [-0.2, -0.15) is 4.73 Å². The molecule has 0 aliphatic heterocycles. The molecule has 1 amide bonds. The maximum absolute atomic E-state index is 12.3. The second-order valence-corrected chi connectivity index (χ2v) is 6.12. The SMILES string of the molecule is COc1ccc([N+](=O)[O-])cc1NC(=O)C(C)Sc1cccc[n+]1[O-]. The summed E-state index contributed by atoms with van der Waals surface area (Å²) in [6.07, 6.45) is 1.34. The van der Waals surface area contributed by atoms with Crippen molar-refractivity contribution < 1.29 is 19.2 Å². The maximum Gasteiger partial charge on any atom is 0.271 e. The minimum Gasteiger partial charge on any atom is -0.618 e. The molecule has 1 aromatic carbocycles. The number of carbonyl (C=O) groups excluding carboxylic acids is 1. The lowest BCUT2D eigenvalue weighted by Gasteiger charge is -2.13. The van der Waals surface area contributed by atoms with Crippen LogP contribution in [0.3, 0.4) is 0 Å². The highest BCUT2D eigenvalue weighted by Gasteiger charge is 2.21. The van der Waals surface area contributed by atoms with Gasteiger partial charge in [-0.3, -0.25) is 14.9 Å². The van der Waals surface area contributed by atoms with Gasteiger partial charge in [-0.05, 0) is 30.8 Å². The fourth-order valence-electron chi connectivity index (χ4n) is 1.88. The monoisotopic (exact) mass is 349 g/mol. The lowest BCUT2D eigenvalue weighted by Crippen LogP contribution is -2.30. The summed E-state index contributed by atoms with van der Waals surface area (Å²) < 4.78 is 5.77. The Labute approximate surface area is 142 Å². The molecule has 126 valence electrons. The predicted molar refractivity (Wildman–Crippen MR) is 89.0 cm³/mol. The summed E-state index contributed by atoms with van der Waals surface area (Å²) >= 11 is 1.09. The molecule has 0 saturated heterocycles. The number of hydrogen-bond donors (Lipinski definition) is 1. The lowest BCUT2D eigenvalue weighted by atomic mass is 10.2. The van der Waals surface area contributed by atoms with E-state index in [1.807, 2.05) is 0 Å². The Bertz CT molecular complexity index is 769. The number of nitro benzene ring substituents is 1. The molecule has 8 nitrogen and oxygen atoms in total. The fourth-order valence-corrected chi connectivity index (χ4v) is 2.73. The summed E-state index contributed by atoms with van der Waals surface area (Å²) in [5, 5.41) is 24.9. The number of amides is 1. The molecule has 0 saturated carbocycles. The molecular weight excluding hydrogens is 334 g/mol. The van der Waals surface area contributed by atoms with E-state index < -0.39 is 16.1 Å². The van der Waals surface area contributed by atoms with E-state index in [1.165, 1.54) is 31.5 Å². The molecule has 24 heavy (non-hydrogen) atoms. The second-order valence-electron chi connectivity index (χ2n) is 4.76. The van der Waals surface area contributed by atoms with Crippen molar-refractivity contribution in [3.8, 4) is 5.75 Å². The van der Waals surface area contributed by atoms with Crippen molar-refractivity contribution in [1.29, 1.82) is 0 Å². The number of thioether (sulfide) groups is 1. The first kappa shape index (κ1) is 17.5. The van der Waals surface area contributed by atoms with Crippen LogP contribution < -0.4 is 14.8 Å². The standard InChI is InChI=1S/C15H15N3O5S/c1-10(24-14-5-3-4-8-17(14)20)15(19)16-12-9-11(18(21)22)6-7-13(12)23-2/h3-10H,1-2H3,(H,16,19). The number of nitro groups is 1. The Kier molecular flexibility index (Phi) is 5.59. The van der Waals surface area contributed by atoms with Gasteiger partial charge in [-0.15, -0.1) is 0 Å². The van der Waals surface area contributed by atoms with Gasteiger partial charge in [0.2, 0.25) is 5.91 Å². The second kappa shape index (κ2) is 7.64. The molecule has 1 heterocycles. The van der Waals surface area contributed by atoms with Gasteiger partial charge in [0.25, 0.3) is 10.7 Å². The van der Waals surface area contributed by atoms with E-state index in [1.54, 1.807) is 25.1 Å². The summed E-state index contributed by atoms with van der Waals surface area (Å²) in [5.41, 5.74) is 0.0408. The zero-order valence-electron chi connectivity index (χ0n) is 13.0. The largest absolute Gasteiger partial charge is 0.618 e. The molecule has 9 heteroatoms. The van der Waals surface area contributed by atoms with E-state index in [0.717, 1.165) is 11.8 Å². The Morgan fingerprint density at radius 3 is 2.75 bits per heavy atom. The molecule has 1 unspecified atom stereocenters. The van der Waals surface area contributed by atoms with Crippen LogP contribution >= 0.6 is 11.8 Å². The number of rotatable bonds is 6. The zero-order valence-corrected chi connectivity index (χ0v) is 13.8. The highest BCUT2D eigenvalue weighted by Crippen LogP contribution is 2.30. The van der Waals surface area contributed by atoms with Crippen molar-refractivity contribution in [3.63, 3.8) is 0 Å². The number of aromatic nitrogens is 1. The first-order chi connectivity index (χ1) is 11.4. The molecular formula is C15H15N3O5S. The van der Waals surface area contributed by atoms with Crippen LogP contribution in [0.25, 0.3) is 0 Å². The van der Waals surface area contributed by atoms with Gasteiger partial charge in [0.15, 0.2) is 6.20 Å². The molecule has 1 atom stereocenters. The van der Waals surface area contributed by atoms with Crippen LogP contribution in [-0.2, 0) is 4.79 Å². The van der Waals surface area contributed by atoms with Gasteiger partial charge in [0.1, 0.15) is 5.75 Å². The van der Waals surface area contributed by atoms with Crippen LogP contribution in [-0.4, -0.2) is 23.2 Å². The topological polar surface area (TPSA) is 108 Å². The smallest absolute Gasteiger partial charge is 0.271 e. The quantitative estimate of drug-likeness (QED) is 0.282. The van der Waals surface area contributed by atoms with E-state index in [2.05, 4.69) is 5.32 Å². The Balaban J connectivity index is 2.15. The van der Waals surface area contributed by atoms with Crippen molar-refractivity contribution >= 4 is 29.0 Å². The van der Waals surface area contributed by atoms with Crippen LogP contribution in [0, 0.1) is 15.3 Å². The van der Waals surface area contributed by atoms with Crippen LogP contribution in [0.15, 0.2) is 47.6 Å². The average Bonchev–Trinajstić information content (AvgIpc) is 2.56. The van der Waals surface area contributed by atoms with Gasteiger partial charge in [0.05, 0.1) is 23.0 Å². The summed E-state index contributed by atoms with van der Waals surface area (Å²) in [7, 11) is 1.40. The third kappa shape index (κ3) is 4.13. The summed E-state index contributed by atoms with van der Waals surface area (Å²) in [6.45, 7) is 1.64. The molecule has 0 spiro atoms. The lowest BCUT2D eigenvalue weighted by molar-refractivity contribution is -0.645. The average molecular weight is 349 g/mol. The number of carbonyl (C=O) groups is 1. The van der Waals surface area contributed by atoms with E-state index in [0.29, 0.717) is 15.5 Å². The third-order valence-electron chi connectivity index (χ3n) is 3.11. The highest BCUT2D eigenvalue weighted by molar-refractivity contribution is 8.00. The van der Waals surface area contributed by atoms with Crippen LogP contribution in [0.2, 0.25) is 0 Å². The first-order valence-corrected chi connectivity index (χ1v) is 7.78.